The molecule has 1 aromatic rings. The molecule has 1 aliphatic carbocycles. The minimum absolute atomic E-state index is 0.189. The third kappa shape index (κ3) is 1.79. The Kier molecular flexibility index (Phi) is 2.98. The van der Waals surface area contributed by atoms with E-state index in [9.17, 15) is 0 Å². The third-order valence-electron chi connectivity index (χ3n) is 4.78. The molecule has 2 nitrogen and oxygen atoms in total. The summed E-state index contributed by atoms with van der Waals surface area (Å²) >= 11 is 0. The van der Waals surface area contributed by atoms with Crippen molar-refractivity contribution in [3.63, 3.8) is 0 Å². The highest BCUT2D eigenvalue weighted by Gasteiger charge is 2.43. The van der Waals surface area contributed by atoms with Gasteiger partial charge in [-0.1, -0.05) is 31.6 Å². The van der Waals surface area contributed by atoms with Crippen LogP contribution in [0, 0.1) is 23.7 Å². The molecular weight excluding hydrogens is 222 g/mol. The number of rotatable bonds is 1. The molecule has 1 aliphatic heterocycles. The minimum atomic E-state index is 0.189. The van der Waals surface area contributed by atoms with Crippen molar-refractivity contribution >= 4 is 0 Å². The lowest BCUT2D eigenvalue weighted by Gasteiger charge is -2.47. The van der Waals surface area contributed by atoms with Crippen LogP contribution in [0.25, 0.3) is 0 Å². The van der Waals surface area contributed by atoms with Gasteiger partial charge in [0.15, 0.2) is 0 Å². The monoisotopic (exact) mass is 243 g/mol. The van der Waals surface area contributed by atoms with E-state index < -0.39 is 0 Å². The van der Waals surface area contributed by atoms with Gasteiger partial charge >= 0.3 is 0 Å². The van der Waals surface area contributed by atoms with Crippen LogP contribution < -0.4 is 0 Å². The van der Waals surface area contributed by atoms with E-state index in [1.165, 1.54) is 11.1 Å². The first-order valence-electron chi connectivity index (χ1n) is 6.88. The summed E-state index contributed by atoms with van der Waals surface area (Å²) in [7, 11) is 0. The van der Waals surface area contributed by atoms with Crippen LogP contribution in [-0.4, -0.2) is 11.6 Å². The molecule has 18 heavy (non-hydrogen) atoms. The lowest BCUT2D eigenvalue weighted by Crippen LogP contribution is -2.42. The fourth-order valence-electron chi connectivity index (χ4n) is 3.79. The summed E-state index contributed by atoms with van der Waals surface area (Å²) in [5.41, 5.74) is 2.70. The quantitative estimate of drug-likeness (QED) is 0.703. The van der Waals surface area contributed by atoms with Gasteiger partial charge in [0.2, 0.25) is 0 Å². The molecular formula is C16H21NO. The first kappa shape index (κ1) is 11.9. The summed E-state index contributed by atoms with van der Waals surface area (Å²) in [6, 6.07) is 4.13. The standard InChI is InChI=1S/C16H21NO/c1-10-7-11(2)15-12(3)14(10)9-18-16(15)13-5-4-6-17-8-13/h4-8,10,12,14-16H,9H2,1-3H3/t10-,12+,14+,15+,16+/m0/s1. The van der Waals surface area contributed by atoms with Crippen LogP contribution in [0.4, 0.5) is 0 Å². The molecule has 0 unspecified atom stereocenters. The summed E-state index contributed by atoms with van der Waals surface area (Å²) in [5, 5.41) is 0. The molecule has 3 rings (SSSR count). The summed E-state index contributed by atoms with van der Waals surface area (Å²) < 4.78 is 6.16. The van der Waals surface area contributed by atoms with Gasteiger partial charge in [-0.3, -0.25) is 4.98 Å². The van der Waals surface area contributed by atoms with Crippen molar-refractivity contribution in [3.8, 4) is 0 Å². The molecule has 0 spiro atoms. The molecule has 1 saturated heterocycles. The van der Waals surface area contributed by atoms with Gasteiger partial charge in [0, 0.05) is 18.3 Å². The number of allylic oxidation sites excluding steroid dienone is 1. The van der Waals surface area contributed by atoms with Crippen LogP contribution >= 0.6 is 0 Å². The van der Waals surface area contributed by atoms with Gasteiger partial charge in [0.25, 0.3) is 0 Å². The fraction of sp³-hybridized carbons (Fsp3) is 0.562. The van der Waals surface area contributed by atoms with Crippen LogP contribution in [0.3, 0.4) is 0 Å². The molecule has 2 bridgehead atoms. The second-order valence-corrected chi connectivity index (χ2v) is 5.86. The fourth-order valence-corrected chi connectivity index (χ4v) is 3.79. The van der Waals surface area contributed by atoms with Crippen LogP contribution in [0.2, 0.25) is 0 Å². The highest BCUT2D eigenvalue weighted by molar-refractivity contribution is 5.23. The zero-order valence-electron chi connectivity index (χ0n) is 11.3. The van der Waals surface area contributed by atoms with E-state index in [1.807, 2.05) is 18.5 Å². The molecule has 0 saturated carbocycles. The maximum Gasteiger partial charge on any atom is 0.0907 e. The van der Waals surface area contributed by atoms with Crippen molar-refractivity contribution < 1.29 is 4.74 Å². The first-order chi connectivity index (χ1) is 8.68. The maximum absolute atomic E-state index is 6.16. The van der Waals surface area contributed by atoms with Crippen LogP contribution in [-0.2, 0) is 4.74 Å². The SMILES string of the molecule is CC1=C[C@H](C)[C@H]2CO[C@H](c3cccnc3)[C@H]1[C@@H]2C. The summed E-state index contributed by atoms with van der Waals surface area (Å²) in [6.45, 7) is 7.83. The van der Waals surface area contributed by atoms with Gasteiger partial charge in [0.1, 0.15) is 0 Å². The highest BCUT2D eigenvalue weighted by atomic mass is 16.5. The number of hydrogen-bond donors (Lipinski definition) is 0. The lowest BCUT2D eigenvalue weighted by molar-refractivity contribution is -0.0935. The van der Waals surface area contributed by atoms with Gasteiger partial charge in [-0.15, -0.1) is 0 Å². The Hall–Kier alpha value is -1.15. The predicted octanol–water partition coefficient (Wildman–Crippen LogP) is 3.62. The van der Waals surface area contributed by atoms with Crippen molar-refractivity contribution in [2.45, 2.75) is 26.9 Å². The average molecular weight is 243 g/mol. The highest BCUT2D eigenvalue weighted by Crippen LogP contribution is 2.49. The van der Waals surface area contributed by atoms with E-state index in [2.05, 4.69) is 37.9 Å². The van der Waals surface area contributed by atoms with Crippen molar-refractivity contribution in [1.29, 1.82) is 0 Å². The molecule has 96 valence electrons. The van der Waals surface area contributed by atoms with E-state index in [1.54, 1.807) is 0 Å². The number of hydrogen-bond acceptors (Lipinski definition) is 2. The van der Waals surface area contributed by atoms with E-state index >= 15 is 0 Å². The lowest BCUT2D eigenvalue weighted by atomic mass is 9.65. The van der Waals surface area contributed by atoms with Crippen LogP contribution in [0.15, 0.2) is 36.2 Å². The third-order valence-corrected chi connectivity index (χ3v) is 4.78. The summed E-state index contributed by atoms with van der Waals surface area (Å²) in [6.07, 6.45) is 6.41. The number of fused-ring (bicyclic) bond motifs is 2. The molecule has 0 N–H and O–H groups in total. The van der Waals surface area contributed by atoms with E-state index in [-0.39, 0.29) is 6.10 Å². The zero-order valence-corrected chi connectivity index (χ0v) is 11.3. The molecule has 2 heterocycles. The van der Waals surface area contributed by atoms with Crippen LogP contribution in [0.5, 0.6) is 0 Å². The van der Waals surface area contributed by atoms with Crippen molar-refractivity contribution in [3.05, 3.63) is 41.7 Å². The molecule has 0 amide bonds. The Bertz CT molecular complexity index is 453. The first-order valence-corrected chi connectivity index (χ1v) is 6.88. The van der Waals surface area contributed by atoms with E-state index in [0.29, 0.717) is 23.7 Å². The largest absolute Gasteiger partial charge is 0.373 e. The average Bonchev–Trinajstić information content (AvgIpc) is 2.37. The Morgan fingerprint density at radius 2 is 2.17 bits per heavy atom. The Balaban J connectivity index is 1.97. The Labute approximate surface area is 109 Å². The molecule has 2 heteroatoms. The number of aromatic nitrogens is 1. The predicted molar refractivity (Wildman–Crippen MR) is 72.0 cm³/mol. The summed E-state index contributed by atoms with van der Waals surface area (Å²) in [5.74, 6) is 2.53. The molecule has 2 aliphatic rings. The van der Waals surface area contributed by atoms with E-state index in [0.717, 1.165) is 6.61 Å². The second kappa shape index (κ2) is 4.51. The Morgan fingerprint density at radius 1 is 1.33 bits per heavy atom. The second-order valence-electron chi connectivity index (χ2n) is 5.86. The molecule has 1 aromatic heterocycles. The van der Waals surface area contributed by atoms with Crippen molar-refractivity contribution in [2.75, 3.05) is 6.61 Å². The van der Waals surface area contributed by atoms with Crippen LogP contribution in [0.1, 0.15) is 32.4 Å². The molecule has 5 atom stereocenters. The normalized spacial score (nSPS) is 39.3. The van der Waals surface area contributed by atoms with Gasteiger partial charge in [-0.05, 0) is 36.3 Å². The minimum Gasteiger partial charge on any atom is -0.373 e. The van der Waals surface area contributed by atoms with Gasteiger partial charge < -0.3 is 4.74 Å². The number of pyridine rings is 1. The number of nitrogens with zero attached hydrogens (tertiary/aromatic N) is 1. The zero-order chi connectivity index (χ0) is 12.7. The van der Waals surface area contributed by atoms with Crippen molar-refractivity contribution in [2.24, 2.45) is 23.7 Å². The Morgan fingerprint density at radius 3 is 2.89 bits per heavy atom. The maximum atomic E-state index is 6.16. The smallest absolute Gasteiger partial charge is 0.0907 e. The van der Waals surface area contributed by atoms with E-state index in [4.69, 9.17) is 4.74 Å². The van der Waals surface area contributed by atoms with Gasteiger partial charge in [-0.2, -0.15) is 0 Å². The number of ether oxygens (including phenoxy) is 1. The van der Waals surface area contributed by atoms with Gasteiger partial charge in [-0.25, -0.2) is 0 Å². The molecule has 0 radical (unpaired) electrons. The van der Waals surface area contributed by atoms with Gasteiger partial charge in [0.05, 0.1) is 12.7 Å². The molecule has 0 aromatic carbocycles. The van der Waals surface area contributed by atoms with Crippen molar-refractivity contribution in [1.82, 2.24) is 4.98 Å². The topological polar surface area (TPSA) is 22.1 Å². The molecule has 1 fully saturated rings. The summed E-state index contributed by atoms with van der Waals surface area (Å²) in [4.78, 5) is 4.23.